The number of β-amino-alcohol motifs (C(OH)–C–C–N with tert-alkyl or cyclic N) is 1. The summed E-state index contributed by atoms with van der Waals surface area (Å²) < 4.78 is 20.4. The van der Waals surface area contributed by atoms with E-state index in [4.69, 9.17) is 24.9 Å². The molecule has 1 aliphatic heterocycles. The molecule has 418 valence electrons. The van der Waals surface area contributed by atoms with Crippen molar-refractivity contribution in [3.63, 3.8) is 0 Å². The molecule has 3 aromatic carbocycles. The van der Waals surface area contributed by atoms with E-state index in [0.717, 1.165) is 88.2 Å². The van der Waals surface area contributed by atoms with Crippen LogP contribution in [-0.2, 0) is 45.4 Å². The maximum atomic E-state index is 14.0. The molecule has 4 aromatic heterocycles. The molecule has 0 saturated carbocycles. The number of carbonyl (C=O) groups excluding carboxylic acids is 4. The first kappa shape index (κ1) is 57.3. The highest BCUT2D eigenvalue weighted by Crippen LogP contribution is 2.32. The summed E-state index contributed by atoms with van der Waals surface area (Å²) in [6, 6.07) is 21.6. The van der Waals surface area contributed by atoms with Crippen LogP contribution in [-0.4, -0.2) is 108 Å². The summed E-state index contributed by atoms with van der Waals surface area (Å²) in [5.41, 5.74) is 15.3. The first-order valence-corrected chi connectivity index (χ1v) is 27.8. The molecule has 20 heteroatoms. The molecule has 79 heavy (non-hydrogen) atoms. The molecule has 0 unspecified atom stereocenters. The van der Waals surface area contributed by atoms with Crippen molar-refractivity contribution in [3.05, 3.63) is 119 Å². The highest BCUT2D eigenvalue weighted by molar-refractivity contribution is 7.13. The van der Waals surface area contributed by atoms with E-state index < -0.39 is 23.6 Å². The minimum absolute atomic E-state index is 0.0197. The molecule has 1 aliphatic rings. The topological polar surface area (TPSA) is 243 Å². The van der Waals surface area contributed by atoms with E-state index in [1.54, 1.807) is 42.6 Å². The van der Waals surface area contributed by atoms with Crippen LogP contribution in [0, 0.1) is 12.3 Å². The number of unbranched alkanes of at least 4 members (excludes halogenated alkanes) is 6. The summed E-state index contributed by atoms with van der Waals surface area (Å²) in [7, 11) is 3.24. The zero-order chi connectivity index (χ0) is 56.1. The van der Waals surface area contributed by atoms with E-state index in [-0.39, 0.29) is 56.1 Å². The fourth-order valence-corrected chi connectivity index (χ4v) is 10.5. The van der Waals surface area contributed by atoms with Crippen LogP contribution in [0.2, 0.25) is 0 Å². The zero-order valence-corrected chi connectivity index (χ0v) is 46.8. The number of thiazole rings is 1. The van der Waals surface area contributed by atoms with Gasteiger partial charge in [0, 0.05) is 56.0 Å². The number of nitrogens with one attached hydrogen (secondary N) is 3. The quantitative estimate of drug-likeness (QED) is 0.0323. The van der Waals surface area contributed by atoms with Crippen LogP contribution in [0.4, 0.5) is 5.95 Å². The number of benzene rings is 3. The van der Waals surface area contributed by atoms with Crippen molar-refractivity contribution >= 4 is 52.1 Å². The monoisotopic (exact) mass is 1100 g/mol. The van der Waals surface area contributed by atoms with Gasteiger partial charge in [-0.1, -0.05) is 95.3 Å². The number of methoxy groups -OCH3 is 2. The van der Waals surface area contributed by atoms with E-state index in [1.165, 1.54) is 4.90 Å². The second-order valence-corrected chi connectivity index (χ2v) is 22.0. The first-order valence-electron chi connectivity index (χ1n) is 27.0. The van der Waals surface area contributed by atoms with Crippen molar-refractivity contribution < 1.29 is 38.5 Å². The number of nitrogens with two attached hydrogens (primary N) is 1. The number of hydrogen-bond donors (Lipinski definition) is 5. The van der Waals surface area contributed by atoms with E-state index in [1.807, 2.05) is 117 Å². The summed E-state index contributed by atoms with van der Waals surface area (Å²) in [5, 5.41) is 24.0. The van der Waals surface area contributed by atoms with Gasteiger partial charge in [-0.25, -0.2) is 15.0 Å². The first-order chi connectivity index (χ1) is 38.1. The van der Waals surface area contributed by atoms with Crippen LogP contribution < -0.4 is 35.9 Å². The normalized spacial score (nSPS) is 14.7. The van der Waals surface area contributed by atoms with Gasteiger partial charge in [0.1, 0.15) is 36.5 Å². The van der Waals surface area contributed by atoms with E-state index in [9.17, 15) is 24.3 Å². The lowest BCUT2D eigenvalue weighted by Crippen LogP contribution is -2.57. The lowest BCUT2D eigenvalue weighted by Gasteiger charge is -2.35. The third-order valence-electron chi connectivity index (χ3n) is 14.1. The predicted octanol–water partition coefficient (Wildman–Crippen LogP) is 8.00. The number of carbonyl (C=O) groups is 4. The molecule has 3 atom stereocenters. The van der Waals surface area contributed by atoms with Gasteiger partial charge in [-0.2, -0.15) is 5.10 Å². The standard InChI is InChI=1S/C59H73N11O8S/c1-38-53(79-37-64-38)42-20-15-39(16-21-42)29-63-56(74)48-28-45(71)34-69(48)57(75)54(59(2,3)4)67-51(72)14-12-10-8-7-9-11-13-25-61-52(73)35-68-33-44(31-65-68)43-27-47-55(62-30-43)70(58(60)66-47)32-41-19-24-49(50(26-41)77-6)78-36-40-17-22-46(76-5)23-18-40/h15-24,26-27,30-31,33,37,45,48,54,71H,7-14,25,28-29,32,34-36H2,1-6H3,(H2,60,66)(H,61,73)(H,63,74)(H,67,72)/t45-,48+,54-/m1/s1. The number of ether oxygens (including phenoxy) is 3. The van der Waals surface area contributed by atoms with Crippen LogP contribution in [0.5, 0.6) is 17.2 Å². The van der Waals surface area contributed by atoms with Crippen LogP contribution in [0.1, 0.15) is 101 Å². The number of imidazole rings is 1. The summed E-state index contributed by atoms with van der Waals surface area (Å²) in [6.07, 6.45) is 11.2. The molecule has 0 aliphatic carbocycles. The Bertz CT molecular complexity index is 3180. The summed E-state index contributed by atoms with van der Waals surface area (Å²) in [6.45, 7) is 9.35. The third kappa shape index (κ3) is 15.3. The number of aliphatic hydroxyl groups excluding tert-OH is 1. The molecule has 1 saturated heterocycles. The predicted molar refractivity (Wildman–Crippen MR) is 304 cm³/mol. The molecule has 1 fully saturated rings. The van der Waals surface area contributed by atoms with Gasteiger partial charge >= 0.3 is 0 Å². The lowest BCUT2D eigenvalue weighted by atomic mass is 9.85. The fourth-order valence-electron chi connectivity index (χ4n) is 9.68. The van der Waals surface area contributed by atoms with Crippen molar-refractivity contribution in [1.29, 1.82) is 0 Å². The number of nitrogens with zero attached hydrogens (tertiary/aromatic N) is 7. The average Bonchev–Trinajstić information content (AvgIpc) is 4.44. The summed E-state index contributed by atoms with van der Waals surface area (Å²) in [4.78, 5) is 69.7. The van der Waals surface area contributed by atoms with Crippen LogP contribution in [0.25, 0.3) is 32.7 Å². The molecular formula is C59H73N11O8S. The summed E-state index contributed by atoms with van der Waals surface area (Å²) >= 11 is 1.58. The average molecular weight is 1100 g/mol. The maximum absolute atomic E-state index is 14.0. The van der Waals surface area contributed by atoms with Gasteiger partial charge in [-0.3, -0.25) is 28.4 Å². The van der Waals surface area contributed by atoms with Gasteiger partial charge in [0.25, 0.3) is 0 Å². The largest absolute Gasteiger partial charge is 0.497 e. The maximum Gasteiger partial charge on any atom is 0.246 e. The Labute approximate surface area is 465 Å². The SMILES string of the molecule is COc1ccc(COc2ccc(Cn3c(N)nc4cc(-c5cnn(CC(=O)NCCCCCCCCCC(=O)N[C@H](C(=O)N6C[C@H](O)C[C@H]6C(=O)NCc6ccc(-c7scnc7C)cc6)C(C)(C)C)c5)cnc43)cc2OC)cc1. The number of fused-ring (bicyclic) bond motifs is 1. The van der Waals surface area contributed by atoms with Crippen molar-refractivity contribution in [3.8, 4) is 38.8 Å². The highest BCUT2D eigenvalue weighted by atomic mass is 32.1. The Morgan fingerprint density at radius 1 is 0.810 bits per heavy atom. The van der Waals surface area contributed by atoms with Gasteiger partial charge < -0.3 is 45.9 Å². The molecule has 19 nitrogen and oxygen atoms in total. The number of aromatic nitrogens is 6. The van der Waals surface area contributed by atoms with Crippen LogP contribution in [0.3, 0.4) is 0 Å². The number of nitrogen functional groups attached to an aromatic ring is 1. The molecule has 0 bridgehead atoms. The molecule has 8 rings (SSSR count). The fraction of sp³-hybridized carbons (Fsp3) is 0.424. The van der Waals surface area contributed by atoms with Gasteiger partial charge in [0.2, 0.25) is 29.6 Å². The van der Waals surface area contributed by atoms with Crippen molar-refractivity contribution in [2.75, 3.05) is 33.0 Å². The number of likely N-dealkylation sites (tertiary alicyclic amines) is 1. The Hall–Kier alpha value is -7.84. The number of aryl methyl sites for hydroxylation is 1. The van der Waals surface area contributed by atoms with Gasteiger partial charge in [-0.15, -0.1) is 11.3 Å². The number of anilines is 1. The smallest absolute Gasteiger partial charge is 0.246 e. The van der Waals surface area contributed by atoms with Crippen molar-refractivity contribution in [2.24, 2.45) is 5.41 Å². The molecule has 4 amide bonds. The highest BCUT2D eigenvalue weighted by Gasteiger charge is 2.44. The zero-order valence-electron chi connectivity index (χ0n) is 46.0. The Balaban J connectivity index is 0.703. The number of aliphatic hydroxyl groups is 1. The Morgan fingerprint density at radius 3 is 2.24 bits per heavy atom. The van der Waals surface area contributed by atoms with E-state index in [2.05, 4.69) is 31.0 Å². The Kier molecular flexibility index (Phi) is 19.4. The minimum atomic E-state index is -0.870. The summed E-state index contributed by atoms with van der Waals surface area (Å²) in [5.74, 6) is 1.26. The third-order valence-corrected chi connectivity index (χ3v) is 15.1. The van der Waals surface area contributed by atoms with Crippen LogP contribution >= 0.6 is 11.3 Å². The molecule has 6 N–H and O–H groups in total. The van der Waals surface area contributed by atoms with Crippen molar-refractivity contribution in [1.82, 2.24) is 50.1 Å². The van der Waals surface area contributed by atoms with E-state index in [0.29, 0.717) is 54.7 Å². The molecule has 0 spiro atoms. The second-order valence-electron chi connectivity index (χ2n) is 21.2. The van der Waals surface area contributed by atoms with E-state index >= 15 is 0 Å². The number of rotatable bonds is 26. The number of amides is 4. The van der Waals surface area contributed by atoms with Crippen molar-refractivity contribution in [2.45, 2.75) is 130 Å². The molecular weight excluding hydrogens is 1020 g/mol. The number of pyridine rings is 1. The van der Waals surface area contributed by atoms with Crippen LogP contribution in [0.15, 0.2) is 96.9 Å². The second kappa shape index (κ2) is 26.7. The molecule has 0 radical (unpaired) electrons. The lowest BCUT2D eigenvalue weighted by molar-refractivity contribution is -0.144. The van der Waals surface area contributed by atoms with Gasteiger partial charge in [0.05, 0.1) is 49.1 Å². The Morgan fingerprint density at radius 2 is 1.53 bits per heavy atom. The van der Waals surface area contributed by atoms with Gasteiger partial charge in [-0.05, 0) is 77.8 Å². The minimum Gasteiger partial charge on any atom is -0.497 e. The number of hydrogen-bond acceptors (Lipinski definition) is 14. The van der Waals surface area contributed by atoms with Gasteiger partial charge in [0.15, 0.2) is 17.1 Å². The molecule has 5 heterocycles. The molecule has 7 aromatic rings.